The molecule has 0 radical (unpaired) electrons. The second-order valence-corrected chi connectivity index (χ2v) is 7.66. The van der Waals surface area contributed by atoms with E-state index in [9.17, 15) is 4.79 Å². The highest BCUT2D eigenvalue weighted by molar-refractivity contribution is 8.07. The topological polar surface area (TPSA) is 17.1 Å². The molecule has 2 atom stereocenters. The molecule has 98 valence electrons. The maximum Gasteiger partial charge on any atom is 0.151 e. The van der Waals surface area contributed by atoms with Gasteiger partial charge in [-0.25, -0.2) is 0 Å². The Labute approximate surface area is 118 Å². The fraction of sp³-hybridized carbons (Fsp3) is 0.533. The van der Waals surface area contributed by atoms with E-state index in [0.29, 0.717) is 17.5 Å². The highest BCUT2D eigenvalue weighted by atomic mass is 32.2. The molecule has 1 aromatic rings. The summed E-state index contributed by atoms with van der Waals surface area (Å²) in [6.45, 7) is 6.40. The van der Waals surface area contributed by atoms with Crippen LogP contribution in [-0.4, -0.2) is 27.8 Å². The first-order valence-corrected chi connectivity index (χ1v) is 8.49. The molecule has 1 aromatic carbocycles. The second-order valence-electron chi connectivity index (χ2n) is 4.93. The summed E-state index contributed by atoms with van der Waals surface area (Å²) in [5, 5.41) is 0.646. The molecule has 0 amide bonds. The van der Waals surface area contributed by atoms with E-state index in [1.807, 2.05) is 23.5 Å². The van der Waals surface area contributed by atoms with Gasteiger partial charge in [0.1, 0.15) is 0 Å². The number of ketones is 1. The van der Waals surface area contributed by atoms with Gasteiger partial charge in [-0.2, -0.15) is 11.8 Å². The van der Waals surface area contributed by atoms with E-state index in [-0.39, 0.29) is 5.25 Å². The van der Waals surface area contributed by atoms with Crippen molar-refractivity contribution in [3.8, 4) is 0 Å². The SMILES string of the molecule is Cc1ccc(CC(=O)C2SCCSC2C)cc1C. The highest BCUT2D eigenvalue weighted by Gasteiger charge is 2.28. The largest absolute Gasteiger partial charge is 0.298 e. The van der Waals surface area contributed by atoms with Gasteiger partial charge in [-0.1, -0.05) is 25.1 Å². The van der Waals surface area contributed by atoms with Crippen LogP contribution in [0.25, 0.3) is 0 Å². The monoisotopic (exact) mass is 280 g/mol. The number of hydrogen-bond donors (Lipinski definition) is 0. The summed E-state index contributed by atoms with van der Waals surface area (Å²) in [5.74, 6) is 2.68. The van der Waals surface area contributed by atoms with Gasteiger partial charge in [0.15, 0.2) is 5.78 Å². The second kappa shape index (κ2) is 6.16. The third-order valence-electron chi connectivity index (χ3n) is 3.45. The zero-order valence-corrected chi connectivity index (χ0v) is 12.9. The average molecular weight is 280 g/mol. The fourth-order valence-corrected chi connectivity index (χ4v) is 4.94. The van der Waals surface area contributed by atoms with Gasteiger partial charge < -0.3 is 0 Å². The number of aryl methyl sites for hydroxylation is 2. The van der Waals surface area contributed by atoms with E-state index in [1.165, 1.54) is 16.9 Å². The minimum Gasteiger partial charge on any atom is -0.298 e. The van der Waals surface area contributed by atoms with E-state index in [2.05, 4.69) is 39.0 Å². The summed E-state index contributed by atoms with van der Waals surface area (Å²) < 4.78 is 0. The molecule has 1 nitrogen and oxygen atoms in total. The van der Waals surface area contributed by atoms with E-state index < -0.39 is 0 Å². The number of carbonyl (C=O) groups excluding carboxylic acids is 1. The first kappa shape index (κ1) is 14.0. The lowest BCUT2D eigenvalue weighted by molar-refractivity contribution is -0.117. The van der Waals surface area contributed by atoms with Crippen LogP contribution in [0.5, 0.6) is 0 Å². The van der Waals surface area contributed by atoms with E-state index in [1.54, 1.807) is 0 Å². The third kappa shape index (κ3) is 3.33. The Kier molecular flexibility index (Phi) is 4.79. The van der Waals surface area contributed by atoms with Crippen molar-refractivity contribution >= 4 is 29.3 Å². The molecular formula is C15H20OS2. The molecule has 1 aliphatic heterocycles. The molecule has 0 spiro atoms. The Morgan fingerprint density at radius 3 is 2.61 bits per heavy atom. The van der Waals surface area contributed by atoms with Gasteiger partial charge in [0.05, 0.1) is 5.25 Å². The maximum atomic E-state index is 12.3. The Hall–Kier alpha value is -0.410. The van der Waals surface area contributed by atoms with Crippen LogP contribution in [-0.2, 0) is 11.2 Å². The number of thioether (sulfide) groups is 2. The molecule has 0 saturated carbocycles. The van der Waals surface area contributed by atoms with Crippen molar-refractivity contribution in [1.82, 2.24) is 0 Å². The Morgan fingerprint density at radius 2 is 1.94 bits per heavy atom. The highest BCUT2D eigenvalue weighted by Crippen LogP contribution is 2.32. The van der Waals surface area contributed by atoms with Crippen LogP contribution in [0, 0.1) is 13.8 Å². The standard InChI is InChI=1S/C15H20OS2/c1-10-4-5-13(8-11(10)2)9-14(16)15-12(3)17-6-7-18-15/h4-5,8,12,15H,6-7,9H2,1-3H3. The summed E-state index contributed by atoms with van der Waals surface area (Å²) in [6.07, 6.45) is 0.587. The van der Waals surface area contributed by atoms with E-state index in [0.717, 1.165) is 11.3 Å². The predicted octanol–water partition coefficient (Wildman–Crippen LogP) is 3.65. The van der Waals surface area contributed by atoms with Gasteiger partial charge in [0, 0.05) is 23.2 Å². The zero-order chi connectivity index (χ0) is 13.1. The predicted molar refractivity (Wildman–Crippen MR) is 82.8 cm³/mol. The molecule has 1 saturated heterocycles. The van der Waals surface area contributed by atoms with Crippen molar-refractivity contribution in [3.05, 3.63) is 34.9 Å². The Balaban J connectivity index is 2.04. The van der Waals surface area contributed by atoms with Gasteiger partial charge in [-0.3, -0.25) is 4.79 Å². The first-order chi connectivity index (χ1) is 8.58. The Morgan fingerprint density at radius 1 is 1.22 bits per heavy atom. The number of Topliss-reactive ketones (excluding diaryl/α,β-unsaturated/α-hetero) is 1. The van der Waals surface area contributed by atoms with Gasteiger partial charge in [-0.05, 0) is 30.5 Å². The van der Waals surface area contributed by atoms with E-state index in [4.69, 9.17) is 0 Å². The van der Waals surface area contributed by atoms with Crippen molar-refractivity contribution in [2.45, 2.75) is 37.7 Å². The molecule has 1 fully saturated rings. The van der Waals surface area contributed by atoms with Crippen LogP contribution in [0.1, 0.15) is 23.6 Å². The molecule has 18 heavy (non-hydrogen) atoms. The van der Waals surface area contributed by atoms with Gasteiger partial charge in [-0.15, -0.1) is 11.8 Å². The number of carbonyl (C=O) groups is 1. The number of hydrogen-bond acceptors (Lipinski definition) is 3. The minimum absolute atomic E-state index is 0.186. The van der Waals surface area contributed by atoms with Crippen molar-refractivity contribution in [1.29, 1.82) is 0 Å². The van der Waals surface area contributed by atoms with Crippen molar-refractivity contribution in [3.63, 3.8) is 0 Å². The molecule has 0 N–H and O–H groups in total. The Bertz CT molecular complexity index is 442. The van der Waals surface area contributed by atoms with E-state index >= 15 is 0 Å². The molecule has 0 aromatic heterocycles. The summed E-state index contributed by atoms with van der Waals surface area (Å²) in [4.78, 5) is 12.3. The molecule has 2 rings (SSSR count). The fourth-order valence-electron chi connectivity index (χ4n) is 2.20. The first-order valence-electron chi connectivity index (χ1n) is 6.40. The van der Waals surface area contributed by atoms with Crippen molar-refractivity contribution in [2.24, 2.45) is 0 Å². The van der Waals surface area contributed by atoms with Crippen LogP contribution in [0.15, 0.2) is 18.2 Å². The van der Waals surface area contributed by atoms with Gasteiger partial charge in [0.25, 0.3) is 0 Å². The lowest BCUT2D eigenvalue weighted by Gasteiger charge is -2.26. The smallest absolute Gasteiger partial charge is 0.151 e. The van der Waals surface area contributed by atoms with Crippen LogP contribution in [0.2, 0.25) is 0 Å². The van der Waals surface area contributed by atoms with Crippen LogP contribution < -0.4 is 0 Å². The molecule has 3 heteroatoms. The summed E-state index contributed by atoms with van der Waals surface area (Å²) >= 11 is 3.76. The molecule has 2 unspecified atom stereocenters. The number of rotatable bonds is 3. The number of benzene rings is 1. The van der Waals surface area contributed by atoms with Crippen LogP contribution in [0.4, 0.5) is 0 Å². The zero-order valence-electron chi connectivity index (χ0n) is 11.2. The molecule has 1 heterocycles. The lowest BCUT2D eigenvalue weighted by Crippen LogP contribution is -2.32. The summed E-state index contributed by atoms with van der Waals surface area (Å²) in [7, 11) is 0. The molecule has 0 aliphatic carbocycles. The quantitative estimate of drug-likeness (QED) is 0.841. The van der Waals surface area contributed by atoms with Crippen LogP contribution >= 0.6 is 23.5 Å². The summed E-state index contributed by atoms with van der Waals surface area (Å²) in [5.41, 5.74) is 3.73. The molecule has 1 aliphatic rings. The van der Waals surface area contributed by atoms with Gasteiger partial charge >= 0.3 is 0 Å². The third-order valence-corrected chi connectivity index (χ3v) is 6.59. The molecular weight excluding hydrogens is 260 g/mol. The van der Waals surface area contributed by atoms with Crippen molar-refractivity contribution < 1.29 is 4.79 Å². The maximum absolute atomic E-state index is 12.3. The average Bonchev–Trinajstić information content (AvgIpc) is 2.34. The molecule has 0 bridgehead atoms. The lowest BCUT2D eigenvalue weighted by atomic mass is 10.0. The van der Waals surface area contributed by atoms with Crippen LogP contribution in [0.3, 0.4) is 0 Å². The van der Waals surface area contributed by atoms with Crippen molar-refractivity contribution in [2.75, 3.05) is 11.5 Å². The van der Waals surface area contributed by atoms with Gasteiger partial charge in [0.2, 0.25) is 0 Å². The summed E-state index contributed by atoms with van der Waals surface area (Å²) in [6, 6.07) is 6.36. The minimum atomic E-state index is 0.186. The normalized spacial score (nSPS) is 23.9.